The van der Waals surface area contributed by atoms with Crippen LogP contribution in [0, 0.1) is 0 Å². The smallest absolute Gasteiger partial charge is 0.341 e. The number of amides is 1. The first-order valence-corrected chi connectivity index (χ1v) is 11.0. The molecule has 2 aromatic rings. The number of fused-ring (bicyclic) bond motifs is 1. The Morgan fingerprint density at radius 2 is 1.94 bits per heavy atom. The van der Waals surface area contributed by atoms with Crippen LogP contribution in [0.3, 0.4) is 0 Å². The summed E-state index contributed by atoms with van der Waals surface area (Å²) in [6.07, 6.45) is 1.31. The second-order valence-electron chi connectivity index (χ2n) is 8.64. The van der Waals surface area contributed by atoms with Crippen molar-refractivity contribution in [1.29, 1.82) is 0 Å². The molecule has 0 bridgehead atoms. The molecular formula is C23H28N2O5S. The average Bonchev–Trinajstić information content (AvgIpc) is 3.03. The van der Waals surface area contributed by atoms with Gasteiger partial charge in [0.2, 0.25) is 0 Å². The summed E-state index contributed by atoms with van der Waals surface area (Å²) in [4.78, 5) is 37.6. The topological polar surface area (TPSA) is 93.7 Å². The largest absolute Gasteiger partial charge is 0.483 e. The zero-order valence-electron chi connectivity index (χ0n) is 18.5. The second kappa shape index (κ2) is 8.80. The number of rotatable bonds is 7. The highest BCUT2D eigenvalue weighted by Crippen LogP contribution is 2.45. The van der Waals surface area contributed by atoms with Gasteiger partial charge in [-0.05, 0) is 58.7 Å². The van der Waals surface area contributed by atoms with E-state index in [1.807, 2.05) is 0 Å². The first-order chi connectivity index (χ1) is 14.6. The maximum atomic E-state index is 12.8. The monoisotopic (exact) mass is 444 g/mol. The van der Waals surface area contributed by atoms with Crippen molar-refractivity contribution >= 4 is 34.5 Å². The Kier molecular flexibility index (Phi) is 6.52. The molecule has 0 atom stereocenters. The fourth-order valence-corrected chi connectivity index (χ4v) is 5.33. The van der Waals surface area contributed by atoms with Gasteiger partial charge >= 0.3 is 5.97 Å². The van der Waals surface area contributed by atoms with Gasteiger partial charge in [0.15, 0.2) is 12.9 Å². The molecule has 0 fully saturated rings. The summed E-state index contributed by atoms with van der Waals surface area (Å²) in [7, 11) is 0. The van der Waals surface area contributed by atoms with E-state index in [1.54, 1.807) is 31.2 Å². The molecule has 0 unspecified atom stereocenters. The molecule has 0 aliphatic carbocycles. The lowest BCUT2D eigenvalue weighted by molar-refractivity contribution is -0.118. The molecule has 8 heteroatoms. The van der Waals surface area contributed by atoms with Crippen LogP contribution in [0.4, 0.5) is 5.00 Å². The fourth-order valence-electron chi connectivity index (χ4n) is 4.05. The normalized spacial score (nSPS) is 16.2. The van der Waals surface area contributed by atoms with Crippen molar-refractivity contribution in [3.63, 3.8) is 0 Å². The Morgan fingerprint density at radius 1 is 1.23 bits per heavy atom. The fraction of sp³-hybridized carbons (Fsp3) is 0.435. The van der Waals surface area contributed by atoms with E-state index in [-0.39, 0.29) is 24.3 Å². The number of nitrogens with one attached hydrogen (secondary N) is 2. The number of aldehydes is 1. The summed E-state index contributed by atoms with van der Waals surface area (Å²) in [5.41, 5.74) is 1.09. The zero-order chi connectivity index (χ0) is 22.8. The molecule has 0 spiro atoms. The number of anilines is 1. The van der Waals surface area contributed by atoms with Gasteiger partial charge < -0.3 is 20.1 Å². The van der Waals surface area contributed by atoms with Crippen LogP contribution in [-0.2, 0) is 21.5 Å². The van der Waals surface area contributed by atoms with Crippen molar-refractivity contribution in [3.05, 3.63) is 45.8 Å². The van der Waals surface area contributed by atoms with E-state index >= 15 is 0 Å². The number of para-hydroxylation sites is 1. The Labute approximate surface area is 186 Å². The minimum Gasteiger partial charge on any atom is -0.483 e. The number of esters is 1. The molecule has 1 aromatic heterocycles. The van der Waals surface area contributed by atoms with Gasteiger partial charge in [-0.25, -0.2) is 4.79 Å². The minimum absolute atomic E-state index is 0.220. The van der Waals surface area contributed by atoms with Crippen LogP contribution in [0.2, 0.25) is 0 Å². The number of carbonyl (C=O) groups is 3. The van der Waals surface area contributed by atoms with Crippen molar-refractivity contribution in [3.8, 4) is 5.75 Å². The number of hydrogen-bond donors (Lipinski definition) is 2. The maximum Gasteiger partial charge on any atom is 0.341 e. The Bertz CT molecular complexity index is 1010. The Hall–Kier alpha value is -2.71. The summed E-state index contributed by atoms with van der Waals surface area (Å²) < 4.78 is 10.8. The summed E-state index contributed by atoms with van der Waals surface area (Å²) >= 11 is 1.37. The molecule has 7 nitrogen and oxygen atoms in total. The van der Waals surface area contributed by atoms with E-state index in [4.69, 9.17) is 9.47 Å². The molecule has 0 saturated heterocycles. The van der Waals surface area contributed by atoms with E-state index in [9.17, 15) is 14.4 Å². The summed E-state index contributed by atoms with van der Waals surface area (Å²) in [6, 6.07) is 6.68. The van der Waals surface area contributed by atoms with Crippen LogP contribution >= 0.6 is 11.3 Å². The maximum absolute atomic E-state index is 12.8. The molecular weight excluding hydrogens is 416 g/mol. The first kappa shape index (κ1) is 23.0. The molecule has 31 heavy (non-hydrogen) atoms. The molecule has 2 N–H and O–H groups in total. The Balaban J connectivity index is 1.88. The lowest BCUT2D eigenvalue weighted by Crippen LogP contribution is -2.55. The van der Waals surface area contributed by atoms with Gasteiger partial charge in [-0.15, -0.1) is 11.3 Å². The van der Waals surface area contributed by atoms with Crippen LogP contribution in [0.25, 0.3) is 0 Å². The van der Waals surface area contributed by atoms with Gasteiger partial charge in [-0.3, -0.25) is 9.59 Å². The Morgan fingerprint density at radius 3 is 2.61 bits per heavy atom. The van der Waals surface area contributed by atoms with Crippen molar-refractivity contribution < 1.29 is 23.9 Å². The highest BCUT2D eigenvalue weighted by molar-refractivity contribution is 7.17. The van der Waals surface area contributed by atoms with Crippen molar-refractivity contribution in [2.75, 3.05) is 18.5 Å². The predicted octanol–water partition coefficient (Wildman–Crippen LogP) is 3.91. The number of carbonyl (C=O) groups excluding carboxylic acids is 3. The highest BCUT2D eigenvalue weighted by Gasteiger charge is 2.42. The van der Waals surface area contributed by atoms with E-state index in [1.165, 1.54) is 11.3 Å². The second-order valence-corrected chi connectivity index (χ2v) is 9.66. The minimum atomic E-state index is -0.448. The van der Waals surface area contributed by atoms with Gasteiger partial charge in [0.1, 0.15) is 10.8 Å². The number of ether oxygens (including phenoxy) is 2. The molecule has 3 rings (SSSR count). The summed E-state index contributed by atoms with van der Waals surface area (Å²) in [5.74, 6) is -0.540. The highest BCUT2D eigenvalue weighted by atomic mass is 32.1. The lowest BCUT2D eigenvalue weighted by Gasteiger charge is -2.42. The SMILES string of the molecule is CCOC(=O)c1c(NC(=O)COc2ccccc2C=O)sc2c1CC(C)(C)NC2(C)C. The van der Waals surface area contributed by atoms with Gasteiger partial charge in [0, 0.05) is 16.0 Å². The standard InChI is InChI=1S/C23H28N2O5S/c1-6-29-21(28)18-15-11-22(2,3)25-23(4,5)19(15)31-20(18)24-17(27)13-30-16-10-8-7-9-14(16)12-26/h7-10,12,25H,6,11,13H2,1-5H3,(H,24,27). The average molecular weight is 445 g/mol. The van der Waals surface area contributed by atoms with Crippen LogP contribution in [0.15, 0.2) is 24.3 Å². The molecule has 1 amide bonds. The van der Waals surface area contributed by atoms with Crippen molar-refractivity contribution in [1.82, 2.24) is 5.32 Å². The third-order valence-electron chi connectivity index (χ3n) is 4.98. The number of benzene rings is 1. The van der Waals surface area contributed by atoms with Gasteiger partial charge in [0.05, 0.1) is 17.7 Å². The first-order valence-electron chi connectivity index (χ1n) is 10.2. The number of hydrogen-bond acceptors (Lipinski definition) is 7. The van der Waals surface area contributed by atoms with Crippen molar-refractivity contribution in [2.24, 2.45) is 0 Å². The van der Waals surface area contributed by atoms with E-state index in [0.29, 0.717) is 34.6 Å². The van der Waals surface area contributed by atoms with Gasteiger partial charge in [-0.2, -0.15) is 0 Å². The van der Waals surface area contributed by atoms with E-state index in [2.05, 4.69) is 38.3 Å². The molecule has 1 aliphatic heterocycles. The van der Waals surface area contributed by atoms with Crippen LogP contribution in [0.1, 0.15) is 65.8 Å². The number of thiophene rings is 1. The van der Waals surface area contributed by atoms with Crippen molar-refractivity contribution in [2.45, 2.75) is 52.1 Å². The third kappa shape index (κ3) is 4.97. The van der Waals surface area contributed by atoms with Gasteiger partial charge in [-0.1, -0.05) is 12.1 Å². The quantitative estimate of drug-likeness (QED) is 0.497. The molecule has 166 valence electrons. The molecule has 0 radical (unpaired) electrons. The molecule has 1 aliphatic rings. The molecule has 2 heterocycles. The van der Waals surface area contributed by atoms with Crippen LogP contribution in [-0.4, -0.2) is 36.9 Å². The molecule has 1 aromatic carbocycles. The summed E-state index contributed by atoms with van der Waals surface area (Å²) in [6.45, 7) is 9.99. The van der Waals surface area contributed by atoms with E-state index < -0.39 is 11.9 Å². The molecule has 0 saturated carbocycles. The van der Waals surface area contributed by atoms with Crippen LogP contribution < -0.4 is 15.4 Å². The van der Waals surface area contributed by atoms with Crippen LogP contribution in [0.5, 0.6) is 5.75 Å². The van der Waals surface area contributed by atoms with E-state index in [0.717, 1.165) is 10.4 Å². The zero-order valence-corrected chi connectivity index (χ0v) is 19.3. The lowest BCUT2D eigenvalue weighted by atomic mass is 9.81. The summed E-state index contributed by atoms with van der Waals surface area (Å²) in [5, 5.41) is 6.87. The van der Waals surface area contributed by atoms with Gasteiger partial charge in [0.25, 0.3) is 5.91 Å². The predicted molar refractivity (Wildman–Crippen MR) is 120 cm³/mol. The third-order valence-corrected chi connectivity index (χ3v) is 6.45.